The van der Waals surface area contributed by atoms with Crippen molar-refractivity contribution in [1.29, 1.82) is 0 Å². The number of aryl methyl sites for hydroxylation is 1. The Morgan fingerprint density at radius 3 is 2.58 bits per heavy atom. The van der Waals surface area contributed by atoms with Gasteiger partial charge in [0.1, 0.15) is 0 Å². The molecule has 1 aromatic carbocycles. The Labute approximate surface area is 156 Å². The molecule has 0 radical (unpaired) electrons. The van der Waals surface area contributed by atoms with Crippen LogP contribution in [0.25, 0.3) is 0 Å². The molecule has 1 aliphatic heterocycles. The number of ether oxygens (including phenoxy) is 1. The molecule has 144 valence electrons. The van der Waals surface area contributed by atoms with Crippen LogP contribution in [0.1, 0.15) is 42.6 Å². The van der Waals surface area contributed by atoms with Crippen LogP contribution >= 0.6 is 0 Å². The van der Waals surface area contributed by atoms with E-state index in [1.165, 1.54) is 0 Å². The molecule has 2 amide bonds. The molecule has 0 unspecified atom stereocenters. The molecule has 6 nitrogen and oxygen atoms in total. The van der Waals surface area contributed by atoms with E-state index in [1.54, 1.807) is 19.2 Å². The zero-order valence-corrected chi connectivity index (χ0v) is 16.3. The summed E-state index contributed by atoms with van der Waals surface area (Å²) in [6, 6.07) is 5.50. The van der Waals surface area contributed by atoms with E-state index in [4.69, 9.17) is 4.74 Å². The second-order valence-corrected chi connectivity index (χ2v) is 7.26. The van der Waals surface area contributed by atoms with Gasteiger partial charge in [0.15, 0.2) is 0 Å². The number of amides is 2. The number of nitrogens with one attached hydrogen (secondary N) is 2. The molecule has 0 spiro atoms. The third-order valence-electron chi connectivity index (χ3n) is 4.75. The minimum atomic E-state index is -0.123. The molecule has 26 heavy (non-hydrogen) atoms. The number of carbonyl (C=O) groups is 2. The lowest BCUT2D eigenvalue weighted by Crippen LogP contribution is -2.39. The van der Waals surface area contributed by atoms with Crippen LogP contribution in [0.2, 0.25) is 0 Å². The molecule has 0 bridgehead atoms. The Morgan fingerprint density at radius 2 is 1.96 bits per heavy atom. The zero-order valence-electron chi connectivity index (χ0n) is 16.3. The second-order valence-electron chi connectivity index (χ2n) is 7.26. The molecule has 1 heterocycles. The highest BCUT2D eigenvalue weighted by molar-refractivity contribution is 5.98. The van der Waals surface area contributed by atoms with E-state index in [0.29, 0.717) is 11.3 Å². The lowest BCUT2D eigenvalue weighted by atomic mass is 9.95. The Morgan fingerprint density at radius 1 is 1.27 bits per heavy atom. The predicted molar refractivity (Wildman–Crippen MR) is 103 cm³/mol. The smallest absolute Gasteiger partial charge is 0.251 e. The van der Waals surface area contributed by atoms with Crippen molar-refractivity contribution >= 4 is 17.5 Å². The summed E-state index contributed by atoms with van der Waals surface area (Å²) in [6.45, 7) is 9.25. The standard InChI is InChI=1S/C20H31N3O3/c1-14(2)21-20(25)17-6-5-15(3)18(13-17)22-19(24)16-7-9-23(10-8-16)11-12-26-4/h5-6,13-14,16H,7-12H2,1-4H3,(H,21,25)(H,22,24). The highest BCUT2D eigenvalue weighted by atomic mass is 16.5. The van der Waals surface area contributed by atoms with Crippen LogP contribution in [0.3, 0.4) is 0 Å². The van der Waals surface area contributed by atoms with Crippen LogP contribution in [0, 0.1) is 12.8 Å². The normalized spacial score (nSPS) is 15.9. The van der Waals surface area contributed by atoms with Gasteiger partial charge in [-0.05, 0) is 64.4 Å². The molecular weight excluding hydrogens is 330 g/mol. The van der Waals surface area contributed by atoms with Gasteiger partial charge in [0.05, 0.1) is 6.61 Å². The van der Waals surface area contributed by atoms with E-state index in [0.717, 1.165) is 44.6 Å². The minimum absolute atomic E-state index is 0.0151. The fourth-order valence-electron chi connectivity index (χ4n) is 3.12. The number of carbonyl (C=O) groups excluding carboxylic acids is 2. The summed E-state index contributed by atoms with van der Waals surface area (Å²) < 4.78 is 5.11. The second kappa shape index (κ2) is 9.69. The quantitative estimate of drug-likeness (QED) is 0.782. The molecule has 0 aromatic heterocycles. The van der Waals surface area contributed by atoms with Crippen molar-refractivity contribution < 1.29 is 14.3 Å². The van der Waals surface area contributed by atoms with Gasteiger partial charge < -0.3 is 20.3 Å². The Bertz CT molecular complexity index is 623. The monoisotopic (exact) mass is 361 g/mol. The van der Waals surface area contributed by atoms with Crippen LogP contribution in [0.15, 0.2) is 18.2 Å². The first-order chi connectivity index (χ1) is 12.4. The number of benzene rings is 1. The number of hydrogen-bond donors (Lipinski definition) is 2. The summed E-state index contributed by atoms with van der Waals surface area (Å²) in [4.78, 5) is 27.2. The van der Waals surface area contributed by atoms with E-state index in [9.17, 15) is 9.59 Å². The average Bonchev–Trinajstić information content (AvgIpc) is 2.61. The third kappa shape index (κ3) is 5.81. The number of nitrogens with zero attached hydrogens (tertiary/aromatic N) is 1. The lowest BCUT2D eigenvalue weighted by molar-refractivity contribution is -0.121. The van der Waals surface area contributed by atoms with Gasteiger partial charge in [-0.2, -0.15) is 0 Å². The number of likely N-dealkylation sites (tertiary alicyclic amines) is 1. The highest BCUT2D eigenvalue weighted by Gasteiger charge is 2.25. The van der Waals surface area contributed by atoms with Crippen molar-refractivity contribution in [3.63, 3.8) is 0 Å². The number of hydrogen-bond acceptors (Lipinski definition) is 4. The fourth-order valence-corrected chi connectivity index (χ4v) is 3.12. The van der Waals surface area contributed by atoms with Crippen molar-refractivity contribution in [3.05, 3.63) is 29.3 Å². The van der Waals surface area contributed by atoms with Crippen LogP contribution in [-0.2, 0) is 9.53 Å². The molecule has 6 heteroatoms. The molecule has 1 fully saturated rings. The third-order valence-corrected chi connectivity index (χ3v) is 4.75. The predicted octanol–water partition coefficient (Wildman–Crippen LogP) is 2.43. The average molecular weight is 361 g/mol. The van der Waals surface area contributed by atoms with E-state index >= 15 is 0 Å². The molecule has 0 saturated carbocycles. The Kier molecular flexibility index (Phi) is 7.60. The van der Waals surface area contributed by atoms with E-state index in [1.807, 2.05) is 26.8 Å². The summed E-state index contributed by atoms with van der Waals surface area (Å²) in [5.74, 6) is -0.0656. The molecule has 0 aliphatic carbocycles. The first kappa shape index (κ1) is 20.4. The summed E-state index contributed by atoms with van der Waals surface area (Å²) in [5.41, 5.74) is 2.24. The number of rotatable bonds is 7. The van der Waals surface area contributed by atoms with Crippen molar-refractivity contribution in [2.75, 3.05) is 38.7 Å². The molecule has 2 rings (SSSR count). The van der Waals surface area contributed by atoms with Gasteiger partial charge in [-0.25, -0.2) is 0 Å². The van der Waals surface area contributed by atoms with E-state index in [-0.39, 0.29) is 23.8 Å². The maximum Gasteiger partial charge on any atom is 0.251 e. The summed E-state index contributed by atoms with van der Waals surface area (Å²) in [6.07, 6.45) is 1.70. The van der Waals surface area contributed by atoms with Gasteiger partial charge in [-0.15, -0.1) is 0 Å². The number of anilines is 1. The van der Waals surface area contributed by atoms with Gasteiger partial charge in [0, 0.05) is 36.9 Å². The largest absolute Gasteiger partial charge is 0.383 e. The van der Waals surface area contributed by atoms with Crippen molar-refractivity contribution in [3.8, 4) is 0 Å². The van der Waals surface area contributed by atoms with Gasteiger partial charge in [0.2, 0.25) is 5.91 Å². The highest BCUT2D eigenvalue weighted by Crippen LogP contribution is 2.22. The summed E-state index contributed by atoms with van der Waals surface area (Å²) in [7, 11) is 1.71. The van der Waals surface area contributed by atoms with Crippen LogP contribution in [-0.4, -0.2) is 56.1 Å². The SMILES string of the molecule is COCCN1CCC(C(=O)Nc2cc(C(=O)NC(C)C)ccc2C)CC1. The molecule has 1 aromatic rings. The van der Waals surface area contributed by atoms with E-state index in [2.05, 4.69) is 15.5 Å². The maximum atomic E-state index is 12.6. The minimum Gasteiger partial charge on any atom is -0.383 e. The van der Waals surface area contributed by atoms with Gasteiger partial charge in [-0.3, -0.25) is 9.59 Å². The van der Waals surface area contributed by atoms with Gasteiger partial charge >= 0.3 is 0 Å². The molecular formula is C20H31N3O3. The van der Waals surface area contributed by atoms with Crippen LogP contribution in [0.5, 0.6) is 0 Å². The molecule has 0 atom stereocenters. The van der Waals surface area contributed by atoms with Gasteiger partial charge in [0.25, 0.3) is 5.91 Å². The van der Waals surface area contributed by atoms with Crippen LogP contribution in [0.4, 0.5) is 5.69 Å². The number of methoxy groups -OCH3 is 1. The Balaban J connectivity index is 1.95. The fraction of sp³-hybridized carbons (Fsp3) is 0.600. The first-order valence-corrected chi connectivity index (χ1v) is 9.34. The van der Waals surface area contributed by atoms with Gasteiger partial charge in [-0.1, -0.05) is 6.07 Å². The van der Waals surface area contributed by atoms with Crippen LogP contribution < -0.4 is 10.6 Å². The van der Waals surface area contributed by atoms with Crippen molar-refractivity contribution in [2.45, 2.75) is 39.7 Å². The first-order valence-electron chi connectivity index (χ1n) is 9.34. The molecule has 1 aliphatic rings. The lowest BCUT2D eigenvalue weighted by Gasteiger charge is -2.31. The topological polar surface area (TPSA) is 70.7 Å². The number of piperidine rings is 1. The van der Waals surface area contributed by atoms with E-state index < -0.39 is 0 Å². The molecule has 2 N–H and O–H groups in total. The zero-order chi connectivity index (χ0) is 19.1. The summed E-state index contributed by atoms with van der Waals surface area (Å²) in [5, 5.41) is 5.90. The van der Waals surface area contributed by atoms with Crippen molar-refractivity contribution in [1.82, 2.24) is 10.2 Å². The Hall–Kier alpha value is -1.92. The van der Waals surface area contributed by atoms with Crippen molar-refractivity contribution in [2.24, 2.45) is 5.92 Å². The molecule has 1 saturated heterocycles. The summed E-state index contributed by atoms with van der Waals surface area (Å²) >= 11 is 0. The maximum absolute atomic E-state index is 12.6.